The van der Waals surface area contributed by atoms with E-state index < -0.39 is 0 Å². The minimum atomic E-state index is -0.257. The van der Waals surface area contributed by atoms with E-state index in [1.807, 2.05) is 19.9 Å². The lowest BCUT2D eigenvalue weighted by molar-refractivity contribution is 0.0942. The van der Waals surface area contributed by atoms with Gasteiger partial charge < -0.3 is 5.32 Å². The van der Waals surface area contributed by atoms with Crippen molar-refractivity contribution in [3.63, 3.8) is 0 Å². The Kier molecular flexibility index (Phi) is 3.09. The number of hydrogen-bond acceptors (Lipinski definition) is 2. The van der Waals surface area contributed by atoms with Crippen LogP contribution in [0.3, 0.4) is 0 Å². The van der Waals surface area contributed by atoms with Gasteiger partial charge in [0.25, 0.3) is 5.91 Å². The Hall–Kier alpha value is -1.90. The van der Waals surface area contributed by atoms with E-state index in [-0.39, 0.29) is 17.6 Å². The molecule has 0 aromatic heterocycles. The first kappa shape index (κ1) is 11.6. The molecule has 88 valence electrons. The highest BCUT2D eigenvalue weighted by Crippen LogP contribution is 2.19. The van der Waals surface area contributed by atoms with E-state index in [1.165, 1.54) is 0 Å². The third kappa shape index (κ3) is 2.28. The minimum absolute atomic E-state index is 0.0140. The third-order valence-corrected chi connectivity index (χ3v) is 2.79. The maximum Gasteiger partial charge on any atom is 0.252 e. The molecular formula is C14H15NO2. The SMILES string of the molecule is CC(C)=CC1CNC(=O)c2ccccc2C1=O. The zero-order valence-corrected chi connectivity index (χ0v) is 9.99. The summed E-state index contributed by atoms with van der Waals surface area (Å²) in [5, 5.41) is 2.78. The maximum atomic E-state index is 12.3. The Morgan fingerprint density at radius 1 is 1.24 bits per heavy atom. The van der Waals surface area contributed by atoms with Crippen LogP contribution in [-0.4, -0.2) is 18.2 Å². The highest BCUT2D eigenvalue weighted by Gasteiger charge is 2.26. The molecule has 1 aromatic rings. The second kappa shape index (κ2) is 4.53. The number of nitrogens with one attached hydrogen (secondary N) is 1. The summed E-state index contributed by atoms with van der Waals surface area (Å²) < 4.78 is 0. The summed E-state index contributed by atoms with van der Waals surface area (Å²) in [4.78, 5) is 24.1. The first-order valence-electron chi connectivity index (χ1n) is 5.66. The summed E-state index contributed by atoms with van der Waals surface area (Å²) in [6.45, 7) is 4.27. The monoisotopic (exact) mass is 229 g/mol. The van der Waals surface area contributed by atoms with E-state index in [9.17, 15) is 9.59 Å². The molecule has 3 heteroatoms. The predicted molar refractivity (Wildman–Crippen MR) is 66.0 cm³/mol. The second-order valence-electron chi connectivity index (χ2n) is 4.47. The number of carbonyl (C=O) groups excluding carboxylic acids is 2. The average molecular weight is 229 g/mol. The molecule has 1 N–H and O–H groups in total. The summed E-state index contributed by atoms with van der Waals surface area (Å²) in [5.74, 6) is -0.411. The van der Waals surface area contributed by atoms with E-state index in [0.717, 1.165) is 5.57 Å². The number of Topliss-reactive ketones (excluding diaryl/α,β-unsaturated/α-hetero) is 1. The lowest BCUT2D eigenvalue weighted by Gasteiger charge is -2.09. The quantitative estimate of drug-likeness (QED) is 0.750. The van der Waals surface area contributed by atoms with Crippen LogP contribution in [0.2, 0.25) is 0 Å². The van der Waals surface area contributed by atoms with Gasteiger partial charge in [-0.05, 0) is 19.9 Å². The fourth-order valence-electron chi connectivity index (χ4n) is 2.02. The minimum Gasteiger partial charge on any atom is -0.351 e. The van der Waals surface area contributed by atoms with Gasteiger partial charge in [0.1, 0.15) is 0 Å². The number of rotatable bonds is 1. The predicted octanol–water partition coefficient (Wildman–Crippen LogP) is 2.20. The Labute approximate surface area is 101 Å². The topological polar surface area (TPSA) is 46.2 Å². The summed E-state index contributed by atoms with van der Waals surface area (Å²) >= 11 is 0. The number of carbonyl (C=O) groups is 2. The molecule has 1 aliphatic heterocycles. The number of fused-ring (bicyclic) bond motifs is 1. The molecule has 0 aliphatic carbocycles. The van der Waals surface area contributed by atoms with Crippen molar-refractivity contribution >= 4 is 11.7 Å². The first-order valence-corrected chi connectivity index (χ1v) is 5.66. The molecule has 0 saturated heterocycles. The lowest BCUT2D eigenvalue weighted by Crippen LogP contribution is -2.27. The molecule has 1 aliphatic rings. The highest BCUT2D eigenvalue weighted by molar-refractivity contribution is 6.11. The summed E-state index contributed by atoms with van der Waals surface area (Å²) in [6, 6.07) is 6.96. The van der Waals surface area contributed by atoms with Crippen molar-refractivity contribution in [1.29, 1.82) is 0 Å². The largest absolute Gasteiger partial charge is 0.351 e. The Morgan fingerprint density at radius 3 is 2.53 bits per heavy atom. The molecule has 0 spiro atoms. The summed E-state index contributed by atoms with van der Waals surface area (Å²) in [6.07, 6.45) is 1.91. The van der Waals surface area contributed by atoms with Crippen LogP contribution in [0, 0.1) is 5.92 Å². The smallest absolute Gasteiger partial charge is 0.252 e. The third-order valence-electron chi connectivity index (χ3n) is 2.79. The molecule has 17 heavy (non-hydrogen) atoms. The average Bonchev–Trinajstić information content (AvgIpc) is 2.42. The van der Waals surface area contributed by atoms with E-state index in [4.69, 9.17) is 0 Å². The van der Waals surface area contributed by atoms with E-state index in [2.05, 4.69) is 5.32 Å². The van der Waals surface area contributed by atoms with Gasteiger partial charge in [0.05, 0.1) is 11.5 Å². The van der Waals surface area contributed by atoms with Crippen LogP contribution >= 0.6 is 0 Å². The van der Waals surface area contributed by atoms with Gasteiger partial charge in [-0.3, -0.25) is 9.59 Å². The van der Waals surface area contributed by atoms with Crippen LogP contribution in [0.15, 0.2) is 35.9 Å². The van der Waals surface area contributed by atoms with Crippen LogP contribution in [0.1, 0.15) is 34.6 Å². The molecule has 1 aromatic carbocycles. The number of allylic oxidation sites excluding steroid dienone is 1. The lowest BCUT2D eigenvalue weighted by atomic mass is 9.94. The molecule has 1 amide bonds. The van der Waals surface area contributed by atoms with Crippen molar-refractivity contribution in [3.05, 3.63) is 47.0 Å². The van der Waals surface area contributed by atoms with Gasteiger partial charge in [-0.15, -0.1) is 0 Å². The molecule has 1 atom stereocenters. The number of benzene rings is 1. The van der Waals surface area contributed by atoms with E-state index >= 15 is 0 Å². The normalized spacial score (nSPS) is 19.1. The standard InChI is InChI=1S/C14H15NO2/c1-9(2)7-10-8-15-14(17)12-6-4-3-5-11(12)13(10)16/h3-7,10H,8H2,1-2H3,(H,15,17). The zero-order chi connectivity index (χ0) is 12.4. The molecule has 1 heterocycles. The van der Waals surface area contributed by atoms with Crippen molar-refractivity contribution in [2.75, 3.05) is 6.54 Å². The Bertz CT molecular complexity index is 499. The highest BCUT2D eigenvalue weighted by atomic mass is 16.2. The van der Waals surface area contributed by atoms with Crippen molar-refractivity contribution in [3.8, 4) is 0 Å². The second-order valence-corrected chi connectivity index (χ2v) is 4.47. The Morgan fingerprint density at radius 2 is 1.88 bits per heavy atom. The molecular weight excluding hydrogens is 214 g/mol. The molecule has 3 nitrogen and oxygen atoms in total. The van der Waals surface area contributed by atoms with Crippen molar-refractivity contribution < 1.29 is 9.59 Å². The van der Waals surface area contributed by atoms with Crippen LogP contribution < -0.4 is 5.32 Å². The number of ketones is 1. The molecule has 0 saturated carbocycles. The van der Waals surface area contributed by atoms with Crippen LogP contribution in [0.5, 0.6) is 0 Å². The number of amides is 1. The van der Waals surface area contributed by atoms with E-state index in [0.29, 0.717) is 17.7 Å². The fourth-order valence-corrected chi connectivity index (χ4v) is 2.02. The van der Waals surface area contributed by atoms with Gasteiger partial charge in [-0.1, -0.05) is 29.8 Å². The molecule has 1 unspecified atom stereocenters. The molecule has 0 radical (unpaired) electrons. The van der Waals surface area contributed by atoms with Crippen LogP contribution in [0.25, 0.3) is 0 Å². The van der Waals surface area contributed by atoms with Crippen molar-refractivity contribution in [2.45, 2.75) is 13.8 Å². The summed E-state index contributed by atoms with van der Waals surface area (Å²) in [7, 11) is 0. The van der Waals surface area contributed by atoms with Gasteiger partial charge in [0.2, 0.25) is 0 Å². The maximum absolute atomic E-state index is 12.3. The van der Waals surface area contributed by atoms with E-state index in [1.54, 1.807) is 24.3 Å². The molecule has 0 bridgehead atoms. The van der Waals surface area contributed by atoms with Crippen LogP contribution in [-0.2, 0) is 0 Å². The molecule has 0 fully saturated rings. The molecule has 2 rings (SSSR count). The van der Waals surface area contributed by atoms with Gasteiger partial charge in [-0.2, -0.15) is 0 Å². The zero-order valence-electron chi connectivity index (χ0n) is 9.99. The van der Waals surface area contributed by atoms with Gasteiger partial charge in [0, 0.05) is 12.1 Å². The van der Waals surface area contributed by atoms with Gasteiger partial charge >= 0.3 is 0 Å². The summed E-state index contributed by atoms with van der Waals surface area (Å²) in [5.41, 5.74) is 2.07. The van der Waals surface area contributed by atoms with Crippen molar-refractivity contribution in [2.24, 2.45) is 5.92 Å². The Balaban J connectivity index is 2.47. The van der Waals surface area contributed by atoms with Crippen LogP contribution in [0.4, 0.5) is 0 Å². The van der Waals surface area contributed by atoms with Gasteiger partial charge in [-0.25, -0.2) is 0 Å². The van der Waals surface area contributed by atoms with Gasteiger partial charge in [0.15, 0.2) is 5.78 Å². The first-order chi connectivity index (χ1) is 8.09. The van der Waals surface area contributed by atoms with Crippen molar-refractivity contribution in [1.82, 2.24) is 5.32 Å². The number of hydrogen-bond donors (Lipinski definition) is 1. The fraction of sp³-hybridized carbons (Fsp3) is 0.286.